The average Bonchev–Trinajstić information content (AvgIpc) is 2.88. The molecule has 0 aliphatic heterocycles. The van der Waals surface area contributed by atoms with E-state index in [0.717, 1.165) is 11.1 Å². The van der Waals surface area contributed by atoms with Crippen LogP contribution in [0.25, 0.3) is 11.1 Å². The second kappa shape index (κ2) is 5.67. The normalized spacial score (nSPS) is 12.4. The van der Waals surface area contributed by atoms with Gasteiger partial charge in [-0.15, -0.1) is 0 Å². The van der Waals surface area contributed by atoms with Gasteiger partial charge in [0.05, 0.1) is 6.20 Å². The van der Waals surface area contributed by atoms with E-state index >= 15 is 0 Å². The van der Waals surface area contributed by atoms with Gasteiger partial charge in [-0.05, 0) is 11.5 Å². The summed E-state index contributed by atoms with van der Waals surface area (Å²) >= 11 is 0. The molecule has 5 nitrogen and oxygen atoms in total. The summed E-state index contributed by atoms with van der Waals surface area (Å²) in [6.45, 7) is 3.92. The molecule has 0 aliphatic carbocycles. The molecule has 3 N–H and O–H groups in total. The molecule has 2 rings (SSSR count). The highest BCUT2D eigenvalue weighted by Gasteiger charge is 2.24. The molecule has 1 amide bonds. The monoisotopic (exact) mass is 258 g/mol. The molecule has 19 heavy (non-hydrogen) atoms. The molecule has 5 heteroatoms. The molecule has 0 bridgehead atoms. The molecule has 1 heterocycles. The molecule has 2 aromatic rings. The first-order chi connectivity index (χ1) is 9.13. The van der Waals surface area contributed by atoms with E-state index in [4.69, 9.17) is 5.84 Å². The number of rotatable bonds is 4. The van der Waals surface area contributed by atoms with E-state index in [9.17, 15) is 4.79 Å². The summed E-state index contributed by atoms with van der Waals surface area (Å²) in [5.74, 6) is 5.09. The Hall–Kier alpha value is -2.14. The highest BCUT2D eigenvalue weighted by Crippen LogP contribution is 2.22. The minimum Gasteiger partial charge on any atom is -0.292 e. The summed E-state index contributed by atoms with van der Waals surface area (Å²) in [7, 11) is 0. The van der Waals surface area contributed by atoms with Crippen LogP contribution in [0.15, 0.2) is 42.7 Å². The predicted octanol–water partition coefficient (Wildman–Crippen LogP) is 1.74. The first-order valence-electron chi connectivity index (χ1n) is 6.23. The zero-order chi connectivity index (χ0) is 13.8. The van der Waals surface area contributed by atoms with Crippen molar-refractivity contribution in [2.45, 2.75) is 19.9 Å². The number of hydrogen-bond donors (Lipinski definition) is 2. The largest absolute Gasteiger partial charge is 0.292 e. The van der Waals surface area contributed by atoms with Crippen LogP contribution in [0, 0.1) is 5.92 Å². The van der Waals surface area contributed by atoms with Crippen LogP contribution in [0.3, 0.4) is 0 Å². The number of nitrogens with zero attached hydrogens (tertiary/aromatic N) is 2. The van der Waals surface area contributed by atoms with Crippen LogP contribution in [-0.2, 0) is 4.79 Å². The molecule has 0 radical (unpaired) electrons. The first-order valence-corrected chi connectivity index (χ1v) is 6.23. The molecule has 1 aromatic heterocycles. The van der Waals surface area contributed by atoms with Crippen LogP contribution in [0.2, 0.25) is 0 Å². The maximum absolute atomic E-state index is 11.8. The molecule has 1 aromatic carbocycles. The molecule has 100 valence electrons. The number of benzene rings is 1. The van der Waals surface area contributed by atoms with Gasteiger partial charge < -0.3 is 0 Å². The van der Waals surface area contributed by atoms with Gasteiger partial charge in [-0.3, -0.25) is 14.9 Å². The molecule has 0 aliphatic rings. The molecule has 1 unspecified atom stereocenters. The second-order valence-corrected chi connectivity index (χ2v) is 4.77. The topological polar surface area (TPSA) is 72.9 Å². The van der Waals surface area contributed by atoms with Crippen molar-refractivity contribution in [3.63, 3.8) is 0 Å². The standard InChI is InChI=1S/C14H18N4O/c1-10(2)13(14(19)17-15)18-9-12(8-16-18)11-6-4-3-5-7-11/h3-10,13H,15H2,1-2H3,(H,17,19). The van der Waals surface area contributed by atoms with Gasteiger partial charge in [-0.25, -0.2) is 5.84 Å². The number of nitrogens with two attached hydrogens (primary N) is 1. The molecular formula is C14H18N4O. The number of carbonyl (C=O) groups excluding carboxylic acids is 1. The molecule has 0 spiro atoms. The number of carbonyl (C=O) groups is 1. The zero-order valence-electron chi connectivity index (χ0n) is 11.1. The number of aromatic nitrogens is 2. The van der Waals surface area contributed by atoms with Gasteiger partial charge >= 0.3 is 0 Å². The lowest BCUT2D eigenvalue weighted by Crippen LogP contribution is -2.39. The van der Waals surface area contributed by atoms with Crippen LogP contribution in [0.4, 0.5) is 0 Å². The van der Waals surface area contributed by atoms with Gasteiger partial charge in [-0.2, -0.15) is 5.10 Å². The number of nitrogens with one attached hydrogen (secondary N) is 1. The summed E-state index contributed by atoms with van der Waals surface area (Å²) in [5, 5.41) is 4.28. The fourth-order valence-corrected chi connectivity index (χ4v) is 2.08. The molecular weight excluding hydrogens is 240 g/mol. The third-order valence-corrected chi connectivity index (χ3v) is 3.04. The van der Waals surface area contributed by atoms with Crippen molar-refractivity contribution in [1.29, 1.82) is 0 Å². The SMILES string of the molecule is CC(C)C(C(=O)NN)n1cc(-c2ccccc2)cn1. The molecule has 0 fully saturated rings. The lowest BCUT2D eigenvalue weighted by atomic mass is 10.0. The van der Waals surface area contributed by atoms with E-state index in [0.29, 0.717) is 0 Å². The number of hydrogen-bond acceptors (Lipinski definition) is 3. The number of amides is 1. The Morgan fingerprint density at radius 2 is 1.95 bits per heavy atom. The smallest absolute Gasteiger partial charge is 0.258 e. The van der Waals surface area contributed by atoms with Crippen molar-refractivity contribution in [2.75, 3.05) is 0 Å². The van der Waals surface area contributed by atoms with Crippen molar-refractivity contribution in [3.8, 4) is 11.1 Å². The Morgan fingerprint density at radius 1 is 1.26 bits per heavy atom. The first kappa shape index (κ1) is 13.3. The van der Waals surface area contributed by atoms with E-state index in [1.807, 2.05) is 50.4 Å². The third kappa shape index (κ3) is 2.82. The Kier molecular flexibility index (Phi) is 3.97. The van der Waals surface area contributed by atoms with Crippen LogP contribution in [0.1, 0.15) is 19.9 Å². The summed E-state index contributed by atoms with van der Waals surface area (Å²) in [4.78, 5) is 11.8. The maximum atomic E-state index is 11.8. The van der Waals surface area contributed by atoms with Crippen LogP contribution < -0.4 is 11.3 Å². The predicted molar refractivity (Wildman–Crippen MR) is 73.9 cm³/mol. The van der Waals surface area contributed by atoms with Crippen molar-refractivity contribution >= 4 is 5.91 Å². The fraction of sp³-hybridized carbons (Fsp3) is 0.286. The summed E-state index contributed by atoms with van der Waals surface area (Å²) < 4.78 is 1.66. The van der Waals surface area contributed by atoms with Gasteiger partial charge in [0, 0.05) is 11.8 Å². The highest BCUT2D eigenvalue weighted by atomic mass is 16.2. The van der Waals surface area contributed by atoms with Gasteiger partial charge in [0.2, 0.25) is 0 Å². The Morgan fingerprint density at radius 3 is 2.53 bits per heavy atom. The molecule has 0 saturated heterocycles. The van der Waals surface area contributed by atoms with Gasteiger partial charge in [0.15, 0.2) is 0 Å². The molecule has 1 atom stereocenters. The number of hydrazine groups is 1. The van der Waals surface area contributed by atoms with Crippen molar-refractivity contribution in [3.05, 3.63) is 42.7 Å². The van der Waals surface area contributed by atoms with E-state index in [1.54, 1.807) is 10.9 Å². The Labute approximate surface area is 112 Å². The molecule has 0 saturated carbocycles. The van der Waals surface area contributed by atoms with Gasteiger partial charge in [-0.1, -0.05) is 44.2 Å². The van der Waals surface area contributed by atoms with Crippen molar-refractivity contribution in [1.82, 2.24) is 15.2 Å². The third-order valence-electron chi connectivity index (χ3n) is 3.04. The van der Waals surface area contributed by atoms with Crippen LogP contribution in [-0.4, -0.2) is 15.7 Å². The second-order valence-electron chi connectivity index (χ2n) is 4.77. The highest BCUT2D eigenvalue weighted by molar-refractivity contribution is 5.80. The van der Waals surface area contributed by atoms with Crippen LogP contribution >= 0.6 is 0 Å². The summed E-state index contributed by atoms with van der Waals surface area (Å²) in [5.41, 5.74) is 4.25. The minimum atomic E-state index is -0.400. The summed E-state index contributed by atoms with van der Waals surface area (Å²) in [6, 6.07) is 9.52. The van der Waals surface area contributed by atoms with Gasteiger partial charge in [0.1, 0.15) is 6.04 Å². The van der Waals surface area contributed by atoms with E-state index in [-0.39, 0.29) is 11.8 Å². The fourth-order valence-electron chi connectivity index (χ4n) is 2.08. The Bertz CT molecular complexity index is 548. The Balaban J connectivity index is 2.32. The van der Waals surface area contributed by atoms with E-state index in [2.05, 4.69) is 10.5 Å². The van der Waals surface area contributed by atoms with Gasteiger partial charge in [0.25, 0.3) is 5.91 Å². The maximum Gasteiger partial charge on any atom is 0.258 e. The van der Waals surface area contributed by atoms with E-state index in [1.165, 1.54) is 0 Å². The van der Waals surface area contributed by atoms with Crippen LogP contribution in [0.5, 0.6) is 0 Å². The van der Waals surface area contributed by atoms with E-state index < -0.39 is 6.04 Å². The minimum absolute atomic E-state index is 0.104. The lowest BCUT2D eigenvalue weighted by Gasteiger charge is -2.19. The average molecular weight is 258 g/mol. The van der Waals surface area contributed by atoms with Crippen molar-refractivity contribution in [2.24, 2.45) is 11.8 Å². The summed E-state index contributed by atoms with van der Waals surface area (Å²) in [6.07, 6.45) is 3.63. The lowest BCUT2D eigenvalue weighted by molar-refractivity contribution is -0.125. The quantitative estimate of drug-likeness (QED) is 0.498. The van der Waals surface area contributed by atoms with Crippen molar-refractivity contribution < 1.29 is 4.79 Å². The zero-order valence-corrected chi connectivity index (χ0v) is 11.1.